The number of hydrogen-bond acceptors (Lipinski definition) is 3. The van der Waals surface area contributed by atoms with Crippen molar-refractivity contribution < 1.29 is 18.7 Å². The lowest BCUT2D eigenvalue weighted by atomic mass is 10.00. The summed E-state index contributed by atoms with van der Waals surface area (Å²) in [4.78, 5) is 14.8. The Bertz CT molecular complexity index is 771. The molecule has 0 aromatic heterocycles. The van der Waals surface area contributed by atoms with Gasteiger partial charge in [0.1, 0.15) is 5.82 Å². The molecule has 24 heavy (non-hydrogen) atoms. The predicted octanol–water partition coefficient (Wildman–Crippen LogP) is 3.78. The fraction of sp³-hybridized carbons (Fsp3) is 0.316. The molecule has 2 aromatic rings. The molecule has 1 atom stereocenters. The van der Waals surface area contributed by atoms with Crippen LogP contribution in [0, 0.1) is 11.7 Å². The van der Waals surface area contributed by atoms with Gasteiger partial charge in [-0.15, -0.1) is 0 Å². The van der Waals surface area contributed by atoms with Crippen molar-refractivity contribution >= 4 is 5.91 Å². The van der Waals surface area contributed by atoms with Gasteiger partial charge in [0.15, 0.2) is 11.5 Å². The molecule has 1 aliphatic carbocycles. The predicted molar refractivity (Wildman–Crippen MR) is 86.5 cm³/mol. The number of amides is 1. The van der Waals surface area contributed by atoms with E-state index in [9.17, 15) is 9.18 Å². The topological polar surface area (TPSA) is 38.8 Å². The number of para-hydroxylation sites is 1. The Morgan fingerprint density at radius 3 is 2.62 bits per heavy atom. The molecule has 0 radical (unpaired) electrons. The summed E-state index contributed by atoms with van der Waals surface area (Å²) in [6.45, 7) is 0.132. The normalized spacial score (nSPS) is 16.8. The molecule has 4 nitrogen and oxygen atoms in total. The molecule has 1 unspecified atom stereocenters. The molecule has 2 aromatic carbocycles. The highest BCUT2D eigenvalue weighted by atomic mass is 19.1. The number of nitrogens with zero attached hydrogens (tertiary/aromatic N) is 1. The van der Waals surface area contributed by atoms with Crippen LogP contribution in [-0.2, 0) is 0 Å². The van der Waals surface area contributed by atoms with Gasteiger partial charge in [0.25, 0.3) is 5.91 Å². The van der Waals surface area contributed by atoms with E-state index >= 15 is 0 Å². The first-order valence-electron chi connectivity index (χ1n) is 8.06. The second-order valence-corrected chi connectivity index (χ2v) is 6.29. The van der Waals surface area contributed by atoms with Crippen molar-refractivity contribution in [2.45, 2.75) is 18.9 Å². The van der Waals surface area contributed by atoms with Gasteiger partial charge in [0, 0.05) is 7.05 Å². The van der Waals surface area contributed by atoms with Crippen LogP contribution in [0.15, 0.2) is 42.5 Å². The molecular formula is C19H18FNO3. The maximum atomic E-state index is 13.2. The summed E-state index contributed by atoms with van der Waals surface area (Å²) in [6.07, 6.45) is 2.15. The van der Waals surface area contributed by atoms with Crippen molar-refractivity contribution in [2.75, 3.05) is 13.8 Å². The van der Waals surface area contributed by atoms with Crippen LogP contribution in [0.25, 0.3) is 0 Å². The van der Waals surface area contributed by atoms with Crippen molar-refractivity contribution in [2.24, 2.45) is 5.92 Å². The van der Waals surface area contributed by atoms with Crippen LogP contribution < -0.4 is 9.47 Å². The lowest BCUT2D eigenvalue weighted by Crippen LogP contribution is -2.32. The molecule has 1 saturated carbocycles. The molecule has 1 fully saturated rings. The average Bonchev–Trinajstić information content (AvgIpc) is 3.30. The summed E-state index contributed by atoms with van der Waals surface area (Å²) in [5, 5.41) is 0. The van der Waals surface area contributed by atoms with Crippen molar-refractivity contribution in [3.05, 3.63) is 59.4 Å². The monoisotopic (exact) mass is 327 g/mol. The number of fused-ring (bicyclic) bond motifs is 1. The van der Waals surface area contributed by atoms with Gasteiger partial charge in [-0.05, 0) is 48.6 Å². The Labute approximate surface area is 139 Å². The summed E-state index contributed by atoms with van der Waals surface area (Å²) in [5.74, 6) is 1.13. The second kappa shape index (κ2) is 5.82. The van der Waals surface area contributed by atoms with Crippen LogP contribution in [-0.4, -0.2) is 24.6 Å². The van der Waals surface area contributed by atoms with E-state index in [4.69, 9.17) is 9.47 Å². The lowest BCUT2D eigenvalue weighted by molar-refractivity contribution is 0.0706. The Kier molecular flexibility index (Phi) is 3.63. The molecule has 2 aliphatic rings. The van der Waals surface area contributed by atoms with Crippen LogP contribution in [0.1, 0.15) is 34.8 Å². The van der Waals surface area contributed by atoms with Gasteiger partial charge in [0.05, 0.1) is 11.6 Å². The van der Waals surface area contributed by atoms with Crippen molar-refractivity contribution in [3.63, 3.8) is 0 Å². The molecule has 1 amide bonds. The van der Waals surface area contributed by atoms with E-state index in [-0.39, 0.29) is 24.6 Å². The van der Waals surface area contributed by atoms with Gasteiger partial charge in [0.2, 0.25) is 6.79 Å². The van der Waals surface area contributed by atoms with Gasteiger partial charge >= 0.3 is 0 Å². The van der Waals surface area contributed by atoms with Gasteiger partial charge in [-0.2, -0.15) is 0 Å². The molecule has 124 valence electrons. The molecule has 4 rings (SSSR count). The molecule has 1 heterocycles. The van der Waals surface area contributed by atoms with Crippen molar-refractivity contribution in [1.29, 1.82) is 0 Å². The van der Waals surface area contributed by atoms with E-state index in [2.05, 4.69) is 0 Å². The van der Waals surface area contributed by atoms with E-state index in [1.165, 1.54) is 12.1 Å². The van der Waals surface area contributed by atoms with Gasteiger partial charge in [-0.25, -0.2) is 4.39 Å². The number of hydrogen-bond donors (Lipinski definition) is 0. The quantitative estimate of drug-likeness (QED) is 0.858. The fourth-order valence-electron chi connectivity index (χ4n) is 3.30. The van der Waals surface area contributed by atoms with Gasteiger partial charge in [-0.3, -0.25) is 4.79 Å². The number of halogens is 1. The highest BCUT2D eigenvalue weighted by Crippen LogP contribution is 2.45. The van der Waals surface area contributed by atoms with Gasteiger partial charge < -0.3 is 14.4 Å². The third-order valence-electron chi connectivity index (χ3n) is 4.64. The Balaban J connectivity index is 1.66. The zero-order chi connectivity index (χ0) is 16.7. The van der Waals surface area contributed by atoms with Crippen LogP contribution in [0.2, 0.25) is 0 Å². The Morgan fingerprint density at radius 2 is 1.92 bits per heavy atom. The molecule has 0 bridgehead atoms. The summed E-state index contributed by atoms with van der Waals surface area (Å²) in [5.41, 5.74) is 1.46. The van der Waals surface area contributed by atoms with E-state index in [0.29, 0.717) is 23.0 Å². The third kappa shape index (κ3) is 2.60. The SMILES string of the molecule is CN(C(=O)c1cccc2c1OCO2)C(c1ccc(F)cc1)C1CC1. The summed E-state index contributed by atoms with van der Waals surface area (Å²) < 4.78 is 24.0. The molecule has 5 heteroatoms. The fourth-order valence-corrected chi connectivity index (χ4v) is 3.30. The Morgan fingerprint density at radius 1 is 1.17 bits per heavy atom. The maximum Gasteiger partial charge on any atom is 0.258 e. The van der Waals surface area contributed by atoms with Gasteiger partial charge in [-0.1, -0.05) is 18.2 Å². The molecular weight excluding hydrogens is 309 g/mol. The summed E-state index contributed by atoms with van der Waals surface area (Å²) >= 11 is 0. The minimum absolute atomic E-state index is 0.0590. The lowest BCUT2D eigenvalue weighted by Gasteiger charge is -2.29. The zero-order valence-electron chi connectivity index (χ0n) is 13.4. The summed E-state index contributed by atoms with van der Waals surface area (Å²) in [6, 6.07) is 11.7. The number of carbonyl (C=O) groups is 1. The standard InChI is InChI=1S/C19H18FNO3/c1-21(17(12-5-6-12)13-7-9-14(20)10-8-13)19(22)15-3-2-4-16-18(15)24-11-23-16/h2-4,7-10,12,17H,5-6,11H2,1H3. The average molecular weight is 327 g/mol. The van der Waals surface area contributed by atoms with Crippen LogP contribution in [0.4, 0.5) is 4.39 Å². The number of rotatable bonds is 4. The molecule has 0 N–H and O–H groups in total. The van der Waals surface area contributed by atoms with E-state index < -0.39 is 0 Å². The molecule has 0 spiro atoms. The third-order valence-corrected chi connectivity index (χ3v) is 4.64. The van der Waals surface area contributed by atoms with Crippen molar-refractivity contribution in [3.8, 4) is 11.5 Å². The first-order chi connectivity index (χ1) is 11.6. The van der Waals surface area contributed by atoms with E-state index in [1.54, 1.807) is 42.3 Å². The smallest absolute Gasteiger partial charge is 0.258 e. The molecule has 1 aliphatic heterocycles. The van der Waals surface area contributed by atoms with Crippen molar-refractivity contribution in [1.82, 2.24) is 4.90 Å². The number of ether oxygens (including phenoxy) is 2. The highest BCUT2D eigenvalue weighted by molar-refractivity contribution is 5.98. The zero-order valence-corrected chi connectivity index (χ0v) is 13.4. The largest absolute Gasteiger partial charge is 0.454 e. The van der Waals surface area contributed by atoms with E-state index in [1.807, 2.05) is 0 Å². The molecule has 0 saturated heterocycles. The first-order valence-corrected chi connectivity index (χ1v) is 8.06. The highest BCUT2D eigenvalue weighted by Gasteiger charge is 2.38. The van der Waals surface area contributed by atoms with Crippen LogP contribution >= 0.6 is 0 Å². The first kappa shape index (κ1) is 15.0. The van der Waals surface area contributed by atoms with E-state index in [0.717, 1.165) is 18.4 Å². The van der Waals surface area contributed by atoms with Crippen LogP contribution in [0.3, 0.4) is 0 Å². The van der Waals surface area contributed by atoms with Crippen LogP contribution in [0.5, 0.6) is 11.5 Å². The summed E-state index contributed by atoms with van der Waals surface area (Å²) in [7, 11) is 1.80. The number of carbonyl (C=O) groups excluding carboxylic acids is 1. The minimum atomic E-state index is -0.270. The maximum absolute atomic E-state index is 13.2. The minimum Gasteiger partial charge on any atom is -0.454 e. The Hall–Kier alpha value is -2.56. The second-order valence-electron chi connectivity index (χ2n) is 6.29. The number of benzene rings is 2.